The Bertz CT molecular complexity index is 428. The van der Waals surface area contributed by atoms with Crippen molar-refractivity contribution < 1.29 is 13.9 Å². The van der Waals surface area contributed by atoms with Crippen molar-refractivity contribution in [1.82, 2.24) is 0 Å². The molecule has 1 aliphatic carbocycles. The Morgan fingerprint density at radius 1 is 1.33 bits per heavy atom. The second-order valence-electron chi connectivity index (χ2n) is 4.74. The van der Waals surface area contributed by atoms with E-state index in [0.717, 1.165) is 12.8 Å². The fourth-order valence-corrected chi connectivity index (χ4v) is 2.82. The topological polar surface area (TPSA) is 26.3 Å². The molecule has 0 amide bonds. The molecule has 1 fully saturated rings. The van der Waals surface area contributed by atoms with Crippen LogP contribution in [-0.2, 0) is 0 Å². The average Bonchev–Trinajstić information content (AvgIpc) is 2.38. The largest absolute Gasteiger partial charge is 0.489 e. The van der Waals surface area contributed by atoms with Gasteiger partial charge < -0.3 is 4.74 Å². The molecule has 1 aromatic rings. The molecule has 98 valence electrons. The fraction of sp³-hybridized carbons (Fsp3) is 0.500. The van der Waals surface area contributed by atoms with E-state index in [0.29, 0.717) is 23.3 Å². The molecule has 2 rings (SSSR count). The van der Waals surface area contributed by atoms with Gasteiger partial charge in [-0.3, -0.25) is 4.79 Å². The van der Waals surface area contributed by atoms with Crippen molar-refractivity contribution in [2.24, 2.45) is 5.92 Å². The second kappa shape index (κ2) is 6.32. The monoisotopic (exact) mass is 314 g/mol. The molecule has 0 bridgehead atoms. The van der Waals surface area contributed by atoms with E-state index in [1.807, 2.05) is 0 Å². The summed E-state index contributed by atoms with van der Waals surface area (Å²) in [5.74, 6) is 0.0855. The number of benzene rings is 1. The minimum Gasteiger partial charge on any atom is -0.489 e. The summed E-state index contributed by atoms with van der Waals surface area (Å²) in [5, 5.41) is 0. The molecule has 0 unspecified atom stereocenters. The van der Waals surface area contributed by atoms with Crippen molar-refractivity contribution >= 4 is 22.2 Å². The highest BCUT2D eigenvalue weighted by molar-refractivity contribution is 9.10. The van der Waals surface area contributed by atoms with Crippen LogP contribution in [0.25, 0.3) is 0 Å². The normalized spacial score (nSPS) is 16.6. The van der Waals surface area contributed by atoms with Crippen molar-refractivity contribution in [2.45, 2.75) is 32.1 Å². The molecule has 0 heterocycles. The smallest absolute Gasteiger partial charge is 0.166 e. The lowest BCUT2D eigenvalue weighted by molar-refractivity contribution is 0.111. The highest BCUT2D eigenvalue weighted by Gasteiger charge is 2.17. The molecule has 0 N–H and O–H groups in total. The predicted octanol–water partition coefficient (Wildman–Crippen LogP) is 4.36. The molecule has 0 spiro atoms. The van der Waals surface area contributed by atoms with E-state index in [9.17, 15) is 9.18 Å². The highest BCUT2D eigenvalue weighted by atomic mass is 79.9. The number of ether oxygens (including phenoxy) is 1. The molecule has 1 aliphatic rings. The number of hydrogen-bond donors (Lipinski definition) is 0. The van der Waals surface area contributed by atoms with Crippen LogP contribution in [-0.4, -0.2) is 12.9 Å². The maximum Gasteiger partial charge on any atom is 0.166 e. The Labute approximate surface area is 115 Å². The van der Waals surface area contributed by atoms with Crippen LogP contribution in [0.2, 0.25) is 0 Å². The van der Waals surface area contributed by atoms with Crippen molar-refractivity contribution in [2.75, 3.05) is 6.61 Å². The van der Waals surface area contributed by atoms with Gasteiger partial charge >= 0.3 is 0 Å². The Morgan fingerprint density at radius 3 is 2.72 bits per heavy atom. The van der Waals surface area contributed by atoms with Crippen LogP contribution in [0.4, 0.5) is 4.39 Å². The first-order chi connectivity index (χ1) is 8.70. The average molecular weight is 315 g/mol. The summed E-state index contributed by atoms with van der Waals surface area (Å²) in [6.07, 6.45) is 6.62. The zero-order valence-corrected chi connectivity index (χ0v) is 11.7. The first kappa shape index (κ1) is 13.5. The van der Waals surface area contributed by atoms with Crippen molar-refractivity contribution in [3.05, 3.63) is 28.0 Å². The summed E-state index contributed by atoms with van der Waals surface area (Å²) in [5.41, 5.74) is 0.262. The quantitative estimate of drug-likeness (QED) is 0.772. The third-order valence-electron chi connectivity index (χ3n) is 3.35. The summed E-state index contributed by atoms with van der Waals surface area (Å²) in [4.78, 5) is 10.9. The van der Waals surface area contributed by atoms with Crippen LogP contribution in [0.1, 0.15) is 42.5 Å². The molecular weight excluding hydrogens is 299 g/mol. The van der Waals surface area contributed by atoms with Crippen LogP contribution in [0, 0.1) is 11.7 Å². The molecule has 0 atom stereocenters. The van der Waals surface area contributed by atoms with Crippen molar-refractivity contribution in [3.8, 4) is 5.75 Å². The van der Waals surface area contributed by atoms with E-state index in [1.54, 1.807) is 6.07 Å². The predicted molar refractivity (Wildman–Crippen MR) is 71.6 cm³/mol. The molecule has 4 heteroatoms. The number of aldehydes is 1. The molecule has 18 heavy (non-hydrogen) atoms. The molecule has 0 radical (unpaired) electrons. The van der Waals surface area contributed by atoms with Gasteiger partial charge in [0.1, 0.15) is 0 Å². The van der Waals surface area contributed by atoms with Gasteiger partial charge in [0, 0.05) is 4.47 Å². The number of hydrogen-bond acceptors (Lipinski definition) is 2. The van der Waals surface area contributed by atoms with Crippen LogP contribution >= 0.6 is 15.9 Å². The Balaban J connectivity index is 2.05. The van der Waals surface area contributed by atoms with Gasteiger partial charge in [-0.15, -0.1) is 0 Å². The summed E-state index contributed by atoms with van der Waals surface area (Å²) >= 11 is 3.16. The standard InChI is InChI=1S/C14H16BrFO2/c15-12-6-11(8-17)14(13(16)7-12)18-9-10-4-2-1-3-5-10/h6-8,10H,1-5,9H2. The van der Waals surface area contributed by atoms with Crippen molar-refractivity contribution in [1.29, 1.82) is 0 Å². The van der Waals surface area contributed by atoms with Gasteiger partial charge in [-0.1, -0.05) is 35.2 Å². The first-order valence-electron chi connectivity index (χ1n) is 6.27. The third kappa shape index (κ3) is 3.31. The van der Waals surface area contributed by atoms with Crippen LogP contribution in [0.5, 0.6) is 5.75 Å². The SMILES string of the molecule is O=Cc1cc(Br)cc(F)c1OCC1CCCCC1. The maximum atomic E-state index is 13.7. The Hall–Kier alpha value is -0.900. The summed E-state index contributed by atoms with van der Waals surface area (Å²) in [7, 11) is 0. The van der Waals surface area contributed by atoms with Gasteiger partial charge in [-0.2, -0.15) is 0 Å². The van der Waals surface area contributed by atoms with Gasteiger partial charge in [-0.25, -0.2) is 4.39 Å². The molecule has 0 aromatic heterocycles. The second-order valence-corrected chi connectivity index (χ2v) is 5.65. The maximum absolute atomic E-state index is 13.7. The van der Waals surface area contributed by atoms with E-state index in [4.69, 9.17) is 4.74 Å². The van der Waals surface area contributed by atoms with Crippen LogP contribution in [0.3, 0.4) is 0 Å². The number of carbonyl (C=O) groups is 1. The number of rotatable bonds is 4. The van der Waals surface area contributed by atoms with Gasteiger partial charge in [0.15, 0.2) is 17.9 Å². The van der Waals surface area contributed by atoms with Gasteiger partial charge in [0.05, 0.1) is 12.2 Å². The molecule has 2 nitrogen and oxygen atoms in total. The summed E-state index contributed by atoms with van der Waals surface area (Å²) in [6, 6.07) is 2.90. The van der Waals surface area contributed by atoms with E-state index in [1.165, 1.54) is 25.3 Å². The molecular formula is C14H16BrFO2. The van der Waals surface area contributed by atoms with Crippen LogP contribution in [0.15, 0.2) is 16.6 Å². The van der Waals surface area contributed by atoms with E-state index in [2.05, 4.69) is 15.9 Å². The van der Waals surface area contributed by atoms with Gasteiger partial charge in [0.25, 0.3) is 0 Å². The molecule has 0 aliphatic heterocycles. The van der Waals surface area contributed by atoms with E-state index in [-0.39, 0.29) is 11.3 Å². The summed E-state index contributed by atoms with van der Waals surface area (Å²) in [6.45, 7) is 0.499. The number of carbonyl (C=O) groups excluding carboxylic acids is 1. The lowest BCUT2D eigenvalue weighted by atomic mass is 9.90. The molecule has 1 saturated carbocycles. The fourth-order valence-electron chi connectivity index (χ4n) is 2.38. The van der Waals surface area contributed by atoms with Crippen LogP contribution < -0.4 is 4.74 Å². The van der Waals surface area contributed by atoms with E-state index >= 15 is 0 Å². The minimum atomic E-state index is -0.484. The first-order valence-corrected chi connectivity index (χ1v) is 7.07. The van der Waals surface area contributed by atoms with E-state index < -0.39 is 5.82 Å². The molecule has 0 saturated heterocycles. The summed E-state index contributed by atoms with van der Waals surface area (Å²) < 4.78 is 19.8. The third-order valence-corrected chi connectivity index (χ3v) is 3.81. The van der Waals surface area contributed by atoms with Gasteiger partial charge in [0.2, 0.25) is 0 Å². The lowest BCUT2D eigenvalue weighted by Gasteiger charge is -2.22. The van der Waals surface area contributed by atoms with Gasteiger partial charge in [-0.05, 0) is 30.9 Å². The zero-order chi connectivity index (χ0) is 13.0. The zero-order valence-electron chi connectivity index (χ0n) is 10.1. The highest BCUT2D eigenvalue weighted by Crippen LogP contribution is 2.29. The number of halogens is 2. The lowest BCUT2D eigenvalue weighted by Crippen LogP contribution is -2.16. The Kier molecular flexibility index (Phi) is 4.75. The van der Waals surface area contributed by atoms with Crippen molar-refractivity contribution in [3.63, 3.8) is 0 Å². The molecule has 1 aromatic carbocycles. The Morgan fingerprint density at radius 2 is 2.06 bits per heavy atom. The minimum absolute atomic E-state index is 0.0822.